The Labute approximate surface area is 114 Å². The smallest absolute Gasteiger partial charge is 0.399 e. The van der Waals surface area contributed by atoms with Gasteiger partial charge >= 0.3 is 6.18 Å². The van der Waals surface area contributed by atoms with Crippen LogP contribution in [0, 0.1) is 0 Å². The minimum absolute atomic E-state index is 0.103. The van der Waals surface area contributed by atoms with Crippen LogP contribution in [0.1, 0.15) is 6.92 Å². The molecule has 1 rings (SSSR count). The van der Waals surface area contributed by atoms with E-state index in [4.69, 9.17) is 17.3 Å². The van der Waals surface area contributed by atoms with Gasteiger partial charge in [-0.3, -0.25) is 0 Å². The van der Waals surface area contributed by atoms with Gasteiger partial charge in [-0.2, -0.15) is 17.5 Å². The largest absolute Gasteiger partial charge is 0.402 e. The number of halogens is 4. The van der Waals surface area contributed by atoms with E-state index in [1.165, 1.54) is 19.1 Å². The van der Waals surface area contributed by atoms with Crippen molar-refractivity contribution in [1.82, 2.24) is 4.31 Å². The third-order valence-corrected chi connectivity index (χ3v) is 4.68. The molecule has 0 amide bonds. The van der Waals surface area contributed by atoms with Gasteiger partial charge in [0.15, 0.2) is 0 Å². The van der Waals surface area contributed by atoms with Gasteiger partial charge in [-0.05, 0) is 18.2 Å². The molecule has 0 unspecified atom stereocenters. The summed E-state index contributed by atoms with van der Waals surface area (Å²) in [7, 11) is -4.34. The van der Waals surface area contributed by atoms with Gasteiger partial charge in [0.25, 0.3) is 0 Å². The Morgan fingerprint density at radius 2 is 1.95 bits per heavy atom. The lowest BCUT2D eigenvalue weighted by Gasteiger charge is -2.22. The number of benzene rings is 1. The minimum atomic E-state index is -4.63. The van der Waals surface area contributed by atoms with Crippen LogP contribution in [-0.2, 0) is 10.0 Å². The predicted molar refractivity (Wildman–Crippen MR) is 66.4 cm³/mol. The zero-order chi connectivity index (χ0) is 14.8. The predicted octanol–water partition coefficient (Wildman–Crippen LogP) is 2.50. The molecule has 0 spiro atoms. The highest BCUT2D eigenvalue weighted by Gasteiger charge is 2.36. The number of nitrogens with zero attached hydrogens (tertiary/aromatic N) is 1. The summed E-state index contributed by atoms with van der Waals surface area (Å²) in [5, 5.41) is -0.171. The Morgan fingerprint density at radius 1 is 1.37 bits per heavy atom. The highest BCUT2D eigenvalue weighted by Crippen LogP contribution is 2.28. The lowest BCUT2D eigenvalue weighted by Crippen LogP contribution is -2.38. The first-order chi connectivity index (χ1) is 8.58. The molecule has 0 saturated heterocycles. The van der Waals surface area contributed by atoms with E-state index in [9.17, 15) is 21.6 Å². The topological polar surface area (TPSA) is 63.4 Å². The molecular formula is C10H12ClF3N2O2S. The highest BCUT2D eigenvalue weighted by atomic mass is 35.5. The first-order valence-corrected chi connectivity index (χ1v) is 7.01. The first-order valence-electron chi connectivity index (χ1n) is 5.20. The van der Waals surface area contributed by atoms with Gasteiger partial charge in [-0.15, -0.1) is 0 Å². The molecule has 0 radical (unpaired) electrons. The fourth-order valence-electron chi connectivity index (χ4n) is 1.42. The summed E-state index contributed by atoms with van der Waals surface area (Å²) >= 11 is 5.71. The van der Waals surface area contributed by atoms with Crippen molar-refractivity contribution >= 4 is 27.3 Å². The molecule has 0 bridgehead atoms. The van der Waals surface area contributed by atoms with Crippen LogP contribution in [0.15, 0.2) is 23.1 Å². The van der Waals surface area contributed by atoms with Crippen LogP contribution in [0.5, 0.6) is 0 Å². The summed E-state index contributed by atoms with van der Waals surface area (Å²) < 4.78 is 61.6. The van der Waals surface area contributed by atoms with E-state index in [-0.39, 0.29) is 17.3 Å². The zero-order valence-electron chi connectivity index (χ0n) is 9.91. The molecule has 1 aromatic rings. The third kappa shape index (κ3) is 3.99. The fraction of sp³-hybridized carbons (Fsp3) is 0.400. The van der Waals surface area contributed by atoms with Gasteiger partial charge in [0.2, 0.25) is 10.0 Å². The van der Waals surface area contributed by atoms with Crippen LogP contribution in [0.25, 0.3) is 0 Å². The second-order valence-electron chi connectivity index (χ2n) is 3.74. The van der Waals surface area contributed by atoms with Crippen LogP contribution in [-0.4, -0.2) is 32.0 Å². The second-order valence-corrected chi connectivity index (χ2v) is 6.05. The molecule has 108 valence electrons. The normalized spacial score (nSPS) is 12.9. The standard InChI is InChI=1S/C10H12ClF3N2O2S/c1-2-16(6-10(12,13)14)19(17,18)9-5-7(15)3-4-8(9)11/h3-5H,2,6,15H2,1H3. The number of nitrogen functional groups attached to an aromatic ring is 1. The Morgan fingerprint density at radius 3 is 2.42 bits per heavy atom. The van der Waals surface area contributed by atoms with Gasteiger partial charge in [-0.25, -0.2) is 8.42 Å². The average molecular weight is 317 g/mol. The number of rotatable bonds is 4. The van der Waals surface area contributed by atoms with E-state index in [0.717, 1.165) is 6.07 Å². The molecule has 9 heteroatoms. The molecule has 0 aliphatic rings. The molecule has 0 fully saturated rings. The quantitative estimate of drug-likeness (QED) is 0.868. The molecule has 0 aliphatic carbocycles. The number of nitrogens with two attached hydrogens (primary N) is 1. The van der Waals surface area contributed by atoms with E-state index < -0.39 is 27.6 Å². The van der Waals surface area contributed by atoms with Crippen LogP contribution >= 0.6 is 11.6 Å². The zero-order valence-corrected chi connectivity index (χ0v) is 11.5. The van der Waals surface area contributed by atoms with Crippen molar-refractivity contribution in [1.29, 1.82) is 0 Å². The lowest BCUT2D eigenvalue weighted by atomic mass is 10.3. The molecular weight excluding hydrogens is 305 g/mol. The fourth-order valence-corrected chi connectivity index (χ4v) is 3.37. The minimum Gasteiger partial charge on any atom is -0.399 e. The number of hydrogen-bond acceptors (Lipinski definition) is 3. The molecule has 1 aromatic carbocycles. The van der Waals surface area contributed by atoms with Gasteiger partial charge in [0.1, 0.15) is 11.4 Å². The van der Waals surface area contributed by atoms with Crippen LogP contribution in [0.4, 0.5) is 18.9 Å². The molecule has 0 saturated carbocycles. The van der Waals surface area contributed by atoms with Crippen molar-refractivity contribution in [3.8, 4) is 0 Å². The van der Waals surface area contributed by atoms with Crippen molar-refractivity contribution in [2.45, 2.75) is 18.0 Å². The van der Waals surface area contributed by atoms with E-state index in [0.29, 0.717) is 4.31 Å². The van der Waals surface area contributed by atoms with E-state index >= 15 is 0 Å². The molecule has 4 nitrogen and oxygen atoms in total. The van der Waals surface area contributed by atoms with Gasteiger partial charge in [-0.1, -0.05) is 18.5 Å². The Hall–Kier alpha value is -0.990. The number of alkyl halides is 3. The third-order valence-electron chi connectivity index (χ3n) is 2.28. The number of hydrogen-bond donors (Lipinski definition) is 1. The van der Waals surface area contributed by atoms with Crippen molar-refractivity contribution < 1.29 is 21.6 Å². The summed E-state index contributed by atoms with van der Waals surface area (Å²) in [5.74, 6) is 0. The molecule has 0 atom stereocenters. The van der Waals surface area contributed by atoms with Crippen molar-refractivity contribution in [3.63, 3.8) is 0 Å². The molecule has 0 aromatic heterocycles. The molecule has 0 heterocycles. The molecule has 0 aliphatic heterocycles. The Kier molecular flexibility index (Phi) is 4.70. The lowest BCUT2D eigenvalue weighted by molar-refractivity contribution is -0.135. The number of sulfonamides is 1. The summed E-state index contributed by atoms with van der Waals surface area (Å²) in [6.07, 6.45) is -4.63. The summed E-state index contributed by atoms with van der Waals surface area (Å²) in [6.45, 7) is -0.590. The van der Waals surface area contributed by atoms with Crippen molar-refractivity contribution in [3.05, 3.63) is 23.2 Å². The average Bonchev–Trinajstić information content (AvgIpc) is 2.27. The summed E-state index contributed by atoms with van der Waals surface area (Å²) in [6, 6.07) is 3.63. The summed E-state index contributed by atoms with van der Waals surface area (Å²) in [4.78, 5) is -0.430. The summed E-state index contributed by atoms with van der Waals surface area (Å²) in [5.41, 5.74) is 5.53. The van der Waals surface area contributed by atoms with E-state index in [2.05, 4.69) is 0 Å². The maximum atomic E-state index is 12.4. The SMILES string of the molecule is CCN(CC(F)(F)F)S(=O)(=O)c1cc(N)ccc1Cl. The van der Waals surface area contributed by atoms with Gasteiger partial charge in [0, 0.05) is 12.2 Å². The maximum absolute atomic E-state index is 12.4. The van der Waals surface area contributed by atoms with Gasteiger partial charge < -0.3 is 5.73 Å². The Balaban J connectivity index is 3.25. The second kappa shape index (κ2) is 5.56. The Bertz CT molecular complexity index is 560. The van der Waals surface area contributed by atoms with E-state index in [1.807, 2.05) is 0 Å². The molecule has 19 heavy (non-hydrogen) atoms. The van der Waals surface area contributed by atoms with Crippen LogP contribution in [0.2, 0.25) is 5.02 Å². The highest BCUT2D eigenvalue weighted by molar-refractivity contribution is 7.89. The van der Waals surface area contributed by atoms with Crippen molar-refractivity contribution in [2.75, 3.05) is 18.8 Å². The maximum Gasteiger partial charge on any atom is 0.402 e. The first kappa shape index (κ1) is 16.1. The van der Waals surface area contributed by atoms with Crippen molar-refractivity contribution in [2.24, 2.45) is 0 Å². The number of anilines is 1. The molecule has 2 N–H and O–H groups in total. The van der Waals surface area contributed by atoms with Crippen LogP contribution < -0.4 is 5.73 Å². The van der Waals surface area contributed by atoms with E-state index in [1.54, 1.807) is 0 Å². The van der Waals surface area contributed by atoms with Crippen LogP contribution in [0.3, 0.4) is 0 Å². The monoisotopic (exact) mass is 316 g/mol. The van der Waals surface area contributed by atoms with Gasteiger partial charge in [0.05, 0.1) is 5.02 Å².